The largest absolute Gasteiger partial charge is 0.325 e. The number of nitrogens with zero attached hydrogens (tertiary/aromatic N) is 2. The minimum Gasteiger partial charge on any atom is -0.325 e. The zero-order valence-corrected chi connectivity index (χ0v) is 14.0. The molecule has 1 amide bonds. The molecule has 0 saturated carbocycles. The summed E-state index contributed by atoms with van der Waals surface area (Å²) < 4.78 is 25.7. The van der Waals surface area contributed by atoms with Gasteiger partial charge in [-0.2, -0.15) is 4.31 Å². The molecule has 1 saturated heterocycles. The van der Waals surface area contributed by atoms with Crippen molar-refractivity contribution >= 4 is 43.2 Å². The predicted octanol–water partition coefficient (Wildman–Crippen LogP) is 1.97. The first kappa shape index (κ1) is 15.4. The highest BCUT2D eigenvalue weighted by Crippen LogP contribution is 2.26. The maximum Gasteiger partial charge on any atom is 0.242 e. The van der Waals surface area contributed by atoms with Crippen LogP contribution in [0.2, 0.25) is 0 Å². The lowest BCUT2D eigenvalue weighted by atomic mass is 10.2. The molecule has 1 N–H and O–H groups in total. The summed E-state index contributed by atoms with van der Waals surface area (Å²) in [4.78, 5) is 16.8. The summed E-state index contributed by atoms with van der Waals surface area (Å²) in [5.41, 5.74) is 1.57. The van der Waals surface area contributed by atoms with Gasteiger partial charge in [0.1, 0.15) is 6.04 Å². The number of thiazole rings is 1. The van der Waals surface area contributed by atoms with E-state index < -0.39 is 16.1 Å². The summed E-state index contributed by atoms with van der Waals surface area (Å²) in [6.45, 7) is 2.34. The standard InChI is InChI=1S/C14H17N3O3S2/c1-9-15-11-6-5-10(8-13(11)21-9)16-14(18)12-4-3-7-17(12)22(2,19)20/h5-6,8,12H,3-4,7H2,1-2H3,(H,16,18). The number of aromatic nitrogens is 1. The van der Waals surface area contributed by atoms with Crippen molar-refractivity contribution in [2.24, 2.45) is 0 Å². The van der Waals surface area contributed by atoms with Crippen molar-refractivity contribution in [3.8, 4) is 0 Å². The van der Waals surface area contributed by atoms with E-state index in [0.717, 1.165) is 21.5 Å². The van der Waals surface area contributed by atoms with Crippen LogP contribution in [0.25, 0.3) is 10.2 Å². The summed E-state index contributed by atoms with van der Waals surface area (Å²) in [6, 6.07) is 4.91. The SMILES string of the molecule is Cc1nc2ccc(NC(=O)C3CCCN3S(C)(=O)=O)cc2s1. The third kappa shape index (κ3) is 2.99. The van der Waals surface area contributed by atoms with E-state index in [1.165, 1.54) is 4.31 Å². The van der Waals surface area contributed by atoms with Crippen molar-refractivity contribution in [1.82, 2.24) is 9.29 Å². The Hall–Kier alpha value is -1.51. The van der Waals surface area contributed by atoms with Crippen LogP contribution < -0.4 is 5.32 Å². The first-order valence-corrected chi connectivity index (χ1v) is 9.66. The van der Waals surface area contributed by atoms with E-state index in [-0.39, 0.29) is 5.91 Å². The fourth-order valence-corrected chi connectivity index (χ4v) is 4.73. The molecule has 22 heavy (non-hydrogen) atoms. The Labute approximate surface area is 133 Å². The number of anilines is 1. The first-order chi connectivity index (χ1) is 10.3. The van der Waals surface area contributed by atoms with Gasteiger partial charge in [0.05, 0.1) is 21.5 Å². The van der Waals surface area contributed by atoms with Crippen molar-refractivity contribution in [3.05, 3.63) is 23.2 Å². The fraction of sp³-hybridized carbons (Fsp3) is 0.429. The number of carbonyl (C=O) groups excluding carboxylic acids is 1. The summed E-state index contributed by atoms with van der Waals surface area (Å²) in [5.74, 6) is -0.275. The lowest BCUT2D eigenvalue weighted by Crippen LogP contribution is -2.42. The van der Waals surface area contributed by atoms with E-state index in [4.69, 9.17) is 0 Å². The lowest BCUT2D eigenvalue weighted by Gasteiger charge is -2.21. The minimum absolute atomic E-state index is 0.275. The van der Waals surface area contributed by atoms with Crippen molar-refractivity contribution < 1.29 is 13.2 Å². The molecule has 1 aromatic carbocycles. The number of nitrogens with one attached hydrogen (secondary N) is 1. The lowest BCUT2D eigenvalue weighted by molar-refractivity contribution is -0.119. The number of sulfonamides is 1. The smallest absolute Gasteiger partial charge is 0.242 e. The monoisotopic (exact) mass is 339 g/mol. The van der Waals surface area contributed by atoms with E-state index in [9.17, 15) is 13.2 Å². The second-order valence-corrected chi connectivity index (χ2v) is 8.61. The van der Waals surface area contributed by atoms with Gasteiger partial charge in [-0.3, -0.25) is 4.79 Å². The maximum absolute atomic E-state index is 12.4. The molecule has 2 aromatic rings. The van der Waals surface area contributed by atoms with Gasteiger partial charge in [0.15, 0.2) is 0 Å². The number of hydrogen-bond donors (Lipinski definition) is 1. The molecule has 2 heterocycles. The van der Waals surface area contributed by atoms with Crippen LogP contribution in [-0.4, -0.2) is 42.5 Å². The van der Waals surface area contributed by atoms with Crippen molar-refractivity contribution in [2.75, 3.05) is 18.1 Å². The van der Waals surface area contributed by atoms with Crippen LogP contribution in [0.3, 0.4) is 0 Å². The Morgan fingerprint density at radius 1 is 1.45 bits per heavy atom. The van der Waals surface area contributed by atoms with Gasteiger partial charge in [0.25, 0.3) is 0 Å². The number of hydrogen-bond acceptors (Lipinski definition) is 5. The number of aryl methyl sites for hydroxylation is 1. The third-order valence-electron chi connectivity index (χ3n) is 3.70. The number of amides is 1. The number of rotatable bonds is 3. The highest BCUT2D eigenvalue weighted by molar-refractivity contribution is 7.88. The Morgan fingerprint density at radius 3 is 2.95 bits per heavy atom. The summed E-state index contributed by atoms with van der Waals surface area (Å²) in [7, 11) is -3.36. The number of benzene rings is 1. The summed E-state index contributed by atoms with van der Waals surface area (Å²) in [5, 5.41) is 3.79. The molecule has 1 fully saturated rings. The molecule has 1 unspecified atom stereocenters. The molecule has 1 aliphatic heterocycles. The molecule has 0 aliphatic carbocycles. The highest BCUT2D eigenvalue weighted by Gasteiger charge is 2.36. The normalized spacial score (nSPS) is 19.6. The fourth-order valence-electron chi connectivity index (χ4n) is 2.74. The van der Waals surface area contributed by atoms with E-state index in [1.54, 1.807) is 17.4 Å². The number of carbonyl (C=O) groups is 1. The minimum atomic E-state index is -3.36. The Balaban J connectivity index is 1.80. The second kappa shape index (κ2) is 5.60. The van der Waals surface area contributed by atoms with Gasteiger partial charge >= 0.3 is 0 Å². The van der Waals surface area contributed by atoms with Gasteiger partial charge in [-0.1, -0.05) is 0 Å². The molecule has 1 atom stereocenters. The summed E-state index contributed by atoms with van der Waals surface area (Å²) in [6.07, 6.45) is 2.41. The molecule has 0 spiro atoms. The van der Waals surface area contributed by atoms with Crippen molar-refractivity contribution in [1.29, 1.82) is 0 Å². The highest BCUT2D eigenvalue weighted by atomic mass is 32.2. The zero-order chi connectivity index (χ0) is 15.9. The maximum atomic E-state index is 12.4. The van der Waals surface area contributed by atoms with Crippen LogP contribution in [0.15, 0.2) is 18.2 Å². The first-order valence-electron chi connectivity index (χ1n) is 6.99. The van der Waals surface area contributed by atoms with E-state index in [0.29, 0.717) is 25.1 Å². The van der Waals surface area contributed by atoms with Gasteiger partial charge in [-0.15, -0.1) is 11.3 Å². The van der Waals surface area contributed by atoms with Crippen LogP contribution in [0.4, 0.5) is 5.69 Å². The van der Waals surface area contributed by atoms with E-state index in [1.807, 2.05) is 19.1 Å². The van der Waals surface area contributed by atoms with Crippen LogP contribution >= 0.6 is 11.3 Å². The molecule has 1 aromatic heterocycles. The molecule has 1 aliphatic rings. The molecule has 8 heteroatoms. The summed E-state index contributed by atoms with van der Waals surface area (Å²) >= 11 is 1.56. The van der Waals surface area contributed by atoms with Crippen molar-refractivity contribution in [2.45, 2.75) is 25.8 Å². The zero-order valence-electron chi connectivity index (χ0n) is 12.4. The van der Waals surface area contributed by atoms with E-state index >= 15 is 0 Å². The number of fused-ring (bicyclic) bond motifs is 1. The Bertz CT molecular complexity index is 829. The topological polar surface area (TPSA) is 79.4 Å². The molecular weight excluding hydrogens is 322 g/mol. The second-order valence-electron chi connectivity index (χ2n) is 5.44. The van der Waals surface area contributed by atoms with Crippen LogP contribution in [0, 0.1) is 6.92 Å². The molecule has 3 rings (SSSR count). The van der Waals surface area contributed by atoms with E-state index in [2.05, 4.69) is 10.3 Å². The quantitative estimate of drug-likeness (QED) is 0.927. The van der Waals surface area contributed by atoms with Gasteiger partial charge in [0, 0.05) is 12.2 Å². The Kier molecular flexibility index (Phi) is 3.92. The predicted molar refractivity (Wildman–Crippen MR) is 87.6 cm³/mol. The Morgan fingerprint density at radius 2 is 2.23 bits per heavy atom. The van der Waals surface area contributed by atoms with Gasteiger partial charge in [0.2, 0.25) is 15.9 Å². The molecule has 0 radical (unpaired) electrons. The average molecular weight is 339 g/mol. The van der Waals surface area contributed by atoms with Crippen molar-refractivity contribution in [3.63, 3.8) is 0 Å². The van der Waals surface area contributed by atoms with Crippen LogP contribution in [0.1, 0.15) is 17.8 Å². The van der Waals surface area contributed by atoms with Crippen LogP contribution in [-0.2, 0) is 14.8 Å². The van der Waals surface area contributed by atoms with Gasteiger partial charge in [-0.25, -0.2) is 13.4 Å². The third-order valence-corrected chi connectivity index (χ3v) is 5.92. The average Bonchev–Trinajstić information content (AvgIpc) is 3.02. The molecule has 6 nitrogen and oxygen atoms in total. The van der Waals surface area contributed by atoms with Crippen LogP contribution in [0.5, 0.6) is 0 Å². The van der Waals surface area contributed by atoms with Gasteiger partial charge < -0.3 is 5.32 Å². The molecular formula is C14H17N3O3S2. The molecule has 0 bridgehead atoms. The molecule has 118 valence electrons. The van der Waals surface area contributed by atoms with Gasteiger partial charge in [-0.05, 0) is 38.0 Å².